The zero-order valence-corrected chi connectivity index (χ0v) is 15.4. The highest BCUT2D eigenvalue weighted by atomic mass is 19.1. The smallest absolute Gasteiger partial charge is 0.231 e. The highest BCUT2D eigenvalue weighted by Crippen LogP contribution is 2.34. The Balaban J connectivity index is 1.81. The van der Waals surface area contributed by atoms with Crippen LogP contribution in [0.25, 0.3) is 10.9 Å². The zero-order valence-electron chi connectivity index (χ0n) is 15.4. The van der Waals surface area contributed by atoms with Gasteiger partial charge in [-0.25, -0.2) is 4.39 Å². The molecule has 0 radical (unpaired) electrons. The summed E-state index contributed by atoms with van der Waals surface area (Å²) in [4.78, 5) is 12.7. The molecular formula is C21H27FN2O2. The molecule has 2 saturated carbocycles. The average molecular weight is 358 g/mol. The van der Waals surface area contributed by atoms with Crippen molar-refractivity contribution in [2.24, 2.45) is 0 Å². The molecular weight excluding hydrogens is 331 g/mol. The van der Waals surface area contributed by atoms with E-state index in [1.54, 1.807) is 0 Å². The standard InChI is InChI=1S/C21H27FN2O2/c1-26-20-13-24(15-9-5-6-10-15)19-12-18(17(22)11-16(19)21(20)25)23-14-7-3-2-4-8-14/h11-15,23H,2-10H2,1H3. The Morgan fingerprint density at radius 3 is 2.46 bits per heavy atom. The number of rotatable bonds is 4. The van der Waals surface area contributed by atoms with Gasteiger partial charge in [0.1, 0.15) is 5.82 Å². The van der Waals surface area contributed by atoms with Crippen molar-refractivity contribution in [2.75, 3.05) is 12.4 Å². The van der Waals surface area contributed by atoms with E-state index in [0.29, 0.717) is 23.2 Å². The summed E-state index contributed by atoms with van der Waals surface area (Å²) in [7, 11) is 1.50. The maximum absolute atomic E-state index is 14.7. The van der Waals surface area contributed by atoms with Gasteiger partial charge in [-0.1, -0.05) is 32.1 Å². The van der Waals surface area contributed by atoms with E-state index in [-0.39, 0.29) is 17.0 Å². The summed E-state index contributed by atoms with van der Waals surface area (Å²) in [6.07, 6.45) is 12.2. The number of nitrogens with one attached hydrogen (secondary N) is 1. The van der Waals surface area contributed by atoms with Gasteiger partial charge < -0.3 is 14.6 Å². The molecule has 2 aromatic rings. The van der Waals surface area contributed by atoms with Crippen molar-refractivity contribution >= 4 is 16.6 Å². The normalized spacial score (nSPS) is 19.2. The third-order valence-corrected chi connectivity index (χ3v) is 5.99. The van der Waals surface area contributed by atoms with Crippen molar-refractivity contribution in [3.8, 4) is 5.75 Å². The van der Waals surface area contributed by atoms with Gasteiger partial charge in [0, 0.05) is 12.1 Å². The number of hydrogen-bond donors (Lipinski definition) is 1. The first-order chi connectivity index (χ1) is 12.7. The molecule has 0 atom stereocenters. The summed E-state index contributed by atoms with van der Waals surface area (Å²) in [6.45, 7) is 0. The maximum atomic E-state index is 14.7. The molecule has 1 heterocycles. The number of pyridine rings is 1. The van der Waals surface area contributed by atoms with Crippen molar-refractivity contribution < 1.29 is 9.13 Å². The predicted molar refractivity (Wildman–Crippen MR) is 103 cm³/mol. The Kier molecular flexibility index (Phi) is 4.88. The molecule has 2 aliphatic carbocycles. The first kappa shape index (κ1) is 17.4. The van der Waals surface area contributed by atoms with Gasteiger partial charge in [0.2, 0.25) is 5.43 Å². The average Bonchev–Trinajstić information content (AvgIpc) is 3.19. The van der Waals surface area contributed by atoms with E-state index in [1.165, 1.54) is 45.3 Å². The molecule has 2 aliphatic rings. The molecule has 2 fully saturated rings. The second kappa shape index (κ2) is 7.29. The van der Waals surface area contributed by atoms with E-state index in [9.17, 15) is 9.18 Å². The minimum Gasteiger partial charge on any atom is -0.491 e. The van der Waals surface area contributed by atoms with Crippen molar-refractivity contribution in [1.82, 2.24) is 4.57 Å². The van der Waals surface area contributed by atoms with Crippen molar-refractivity contribution in [2.45, 2.75) is 69.9 Å². The fourth-order valence-electron chi connectivity index (χ4n) is 4.55. The number of aromatic nitrogens is 1. The third kappa shape index (κ3) is 3.19. The van der Waals surface area contributed by atoms with E-state index in [0.717, 1.165) is 31.2 Å². The minimum absolute atomic E-state index is 0.236. The largest absolute Gasteiger partial charge is 0.491 e. The van der Waals surface area contributed by atoms with E-state index >= 15 is 0 Å². The van der Waals surface area contributed by atoms with E-state index < -0.39 is 0 Å². The quantitative estimate of drug-likeness (QED) is 0.835. The van der Waals surface area contributed by atoms with Crippen LogP contribution in [0.2, 0.25) is 0 Å². The molecule has 4 rings (SSSR count). The topological polar surface area (TPSA) is 43.3 Å². The number of halogens is 1. The molecule has 140 valence electrons. The SMILES string of the molecule is COc1cn(C2CCCC2)c2cc(NC3CCCCC3)c(F)cc2c1=O. The van der Waals surface area contributed by atoms with Crippen LogP contribution in [0.5, 0.6) is 5.75 Å². The lowest BCUT2D eigenvalue weighted by Crippen LogP contribution is -2.23. The van der Waals surface area contributed by atoms with Gasteiger partial charge in [0.25, 0.3) is 0 Å². The molecule has 5 heteroatoms. The summed E-state index contributed by atoms with van der Waals surface area (Å²) in [6, 6.07) is 3.88. The lowest BCUT2D eigenvalue weighted by atomic mass is 9.95. The molecule has 1 aromatic carbocycles. The molecule has 4 nitrogen and oxygen atoms in total. The molecule has 0 bridgehead atoms. The summed E-state index contributed by atoms with van der Waals surface area (Å²) < 4.78 is 22.2. The lowest BCUT2D eigenvalue weighted by Gasteiger charge is -2.25. The molecule has 0 saturated heterocycles. The Labute approximate surface area is 153 Å². The molecule has 0 unspecified atom stereocenters. The highest BCUT2D eigenvalue weighted by Gasteiger charge is 2.22. The number of nitrogens with zero attached hydrogens (tertiary/aromatic N) is 1. The van der Waals surface area contributed by atoms with Crippen LogP contribution in [0.1, 0.15) is 63.8 Å². The van der Waals surface area contributed by atoms with Crippen LogP contribution < -0.4 is 15.5 Å². The first-order valence-corrected chi connectivity index (χ1v) is 9.86. The minimum atomic E-state index is -0.355. The van der Waals surface area contributed by atoms with Crippen LogP contribution in [0.15, 0.2) is 23.1 Å². The highest BCUT2D eigenvalue weighted by molar-refractivity contribution is 5.84. The van der Waals surface area contributed by atoms with E-state index in [1.807, 2.05) is 12.3 Å². The number of fused-ring (bicyclic) bond motifs is 1. The number of anilines is 1. The number of ether oxygens (including phenoxy) is 1. The Morgan fingerprint density at radius 1 is 1.08 bits per heavy atom. The van der Waals surface area contributed by atoms with Crippen molar-refractivity contribution in [3.63, 3.8) is 0 Å². The van der Waals surface area contributed by atoms with Gasteiger partial charge in [0.15, 0.2) is 5.75 Å². The van der Waals surface area contributed by atoms with Crippen LogP contribution in [-0.2, 0) is 0 Å². The Bertz CT molecular complexity index is 849. The van der Waals surface area contributed by atoms with Crippen LogP contribution in [-0.4, -0.2) is 17.7 Å². The second-order valence-electron chi connectivity index (χ2n) is 7.70. The molecule has 26 heavy (non-hydrogen) atoms. The molecule has 0 amide bonds. The lowest BCUT2D eigenvalue weighted by molar-refractivity contribution is 0.402. The predicted octanol–water partition coefficient (Wildman–Crippen LogP) is 5.01. The van der Waals surface area contributed by atoms with Gasteiger partial charge >= 0.3 is 0 Å². The molecule has 0 aliphatic heterocycles. The summed E-state index contributed by atoms with van der Waals surface area (Å²) in [5.41, 5.74) is 1.09. The maximum Gasteiger partial charge on any atom is 0.231 e. The van der Waals surface area contributed by atoms with Gasteiger partial charge in [-0.05, 0) is 37.8 Å². The number of methoxy groups -OCH3 is 1. The second-order valence-corrected chi connectivity index (χ2v) is 7.70. The van der Waals surface area contributed by atoms with Gasteiger partial charge in [0.05, 0.1) is 29.9 Å². The fraction of sp³-hybridized carbons (Fsp3) is 0.571. The molecule has 1 N–H and O–H groups in total. The molecule has 1 aromatic heterocycles. The number of hydrogen-bond acceptors (Lipinski definition) is 3. The third-order valence-electron chi connectivity index (χ3n) is 5.99. The fourth-order valence-corrected chi connectivity index (χ4v) is 4.55. The van der Waals surface area contributed by atoms with Gasteiger partial charge in [-0.3, -0.25) is 4.79 Å². The van der Waals surface area contributed by atoms with Crippen LogP contribution >= 0.6 is 0 Å². The summed E-state index contributed by atoms with van der Waals surface area (Å²) in [5, 5.41) is 3.79. The number of benzene rings is 1. The van der Waals surface area contributed by atoms with E-state index in [4.69, 9.17) is 4.74 Å². The Morgan fingerprint density at radius 2 is 1.77 bits per heavy atom. The monoisotopic (exact) mass is 358 g/mol. The van der Waals surface area contributed by atoms with Gasteiger partial charge in [-0.2, -0.15) is 0 Å². The molecule has 0 spiro atoms. The zero-order chi connectivity index (χ0) is 18.1. The van der Waals surface area contributed by atoms with Crippen molar-refractivity contribution in [3.05, 3.63) is 34.4 Å². The van der Waals surface area contributed by atoms with Crippen molar-refractivity contribution in [1.29, 1.82) is 0 Å². The Hall–Kier alpha value is -2.04. The van der Waals surface area contributed by atoms with Crippen LogP contribution in [0, 0.1) is 5.82 Å². The first-order valence-electron chi connectivity index (χ1n) is 9.86. The van der Waals surface area contributed by atoms with E-state index in [2.05, 4.69) is 9.88 Å². The summed E-state index contributed by atoms with van der Waals surface area (Å²) >= 11 is 0. The van der Waals surface area contributed by atoms with Crippen LogP contribution in [0.3, 0.4) is 0 Å². The van der Waals surface area contributed by atoms with Crippen LogP contribution in [0.4, 0.5) is 10.1 Å². The van der Waals surface area contributed by atoms with Gasteiger partial charge in [-0.15, -0.1) is 0 Å². The summed E-state index contributed by atoms with van der Waals surface area (Å²) in [5.74, 6) is -0.0665.